The van der Waals surface area contributed by atoms with Crippen LogP contribution in [0.3, 0.4) is 0 Å². The Kier molecular flexibility index (Phi) is 3.05. The molecule has 2 heteroatoms. The largest absolute Gasteiger partial charge is 0.493 e. The Morgan fingerprint density at radius 1 is 1.41 bits per heavy atom. The minimum absolute atomic E-state index is 0.0668. The Morgan fingerprint density at radius 3 is 2.88 bits per heavy atom. The van der Waals surface area contributed by atoms with Crippen LogP contribution >= 0.6 is 0 Å². The van der Waals surface area contributed by atoms with Gasteiger partial charge in [0.25, 0.3) is 0 Å². The Labute approximate surface area is 102 Å². The zero-order valence-corrected chi connectivity index (χ0v) is 10.6. The average Bonchev–Trinajstić information content (AvgIpc) is 2.25. The number of ketones is 1. The highest BCUT2D eigenvalue weighted by molar-refractivity contribution is 5.91. The van der Waals surface area contributed by atoms with Crippen LogP contribution in [-0.2, 0) is 10.2 Å². The number of carbonyl (C=O) groups excluding carboxylic acids is 1. The molecule has 0 fully saturated rings. The van der Waals surface area contributed by atoms with E-state index in [2.05, 4.69) is 13.8 Å². The summed E-state index contributed by atoms with van der Waals surface area (Å²) in [5, 5.41) is 0. The number of rotatable bonds is 2. The van der Waals surface area contributed by atoms with Crippen LogP contribution in [0.1, 0.15) is 38.3 Å². The van der Waals surface area contributed by atoms with Crippen LogP contribution in [0, 0.1) is 0 Å². The molecular formula is C15H18O2. The summed E-state index contributed by atoms with van der Waals surface area (Å²) in [4.78, 5) is 11.0. The predicted octanol–water partition coefficient (Wildman–Crippen LogP) is 3.35. The van der Waals surface area contributed by atoms with E-state index >= 15 is 0 Å². The van der Waals surface area contributed by atoms with Crippen LogP contribution in [0.2, 0.25) is 0 Å². The molecule has 2 nitrogen and oxygen atoms in total. The van der Waals surface area contributed by atoms with Gasteiger partial charge in [-0.2, -0.15) is 0 Å². The molecule has 0 radical (unpaired) electrons. The summed E-state index contributed by atoms with van der Waals surface area (Å²) in [5.74, 6) is 1.02. The highest BCUT2D eigenvalue weighted by Gasteiger charge is 2.30. The Hall–Kier alpha value is -1.57. The number of benzene rings is 1. The van der Waals surface area contributed by atoms with Crippen LogP contribution in [0.15, 0.2) is 24.3 Å². The third-order valence-electron chi connectivity index (χ3n) is 3.22. The van der Waals surface area contributed by atoms with E-state index < -0.39 is 0 Å². The quantitative estimate of drug-likeness (QED) is 0.728. The molecule has 1 heterocycles. The van der Waals surface area contributed by atoms with Gasteiger partial charge in [0.05, 0.1) is 6.61 Å². The van der Waals surface area contributed by atoms with Crippen molar-refractivity contribution < 1.29 is 9.53 Å². The highest BCUT2D eigenvalue weighted by atomic mass is 16.5. The van der Waals surface area contributed by atoms with Gasteiger partial charge in [-0.05, 0) is 36.5 Å². The van der Waals surface area contributed by atoms with Crippen LogP contribution in [0.25, 0.3) is 6.08 Å². The van der Waals surface area contributed by atoms with E-state index in [-0.39, 0.29) is 11.2 Å². The van der Waals surface area contributed by atoms with Gasteiger partial charge in [0, 0.05) is 5.56 Å². The lowest BCUT2D eigenvalue weighted by Gasteiger charge is -2.33. The Morgan fingerprint density at radius 2 is 2.18 bits per heavy atom. The van der Waals surface area contributed by atoms with Gasteiger partial charge in [-0.15, -0.1) is 0 Å². The van der Waals surface area contributed by atoms with Crippen molar-refractivity contribution >= 4 is 11.9 Å². The minimum atomic E-state index is 0.0668. The first kappa shape index (κ1) is 11.9. The Balaban J connectivity index is 2.51. The lowest BCUT2D eigenvalue weighted by Crippen LogP contribution is -2.27. The van der Waals surface area contributed by atoms with Crippen molar-refractivity contribution in [3.05, 3.63) is 35.4 Å². The fraction of sp³-hybridized carbons (Fsp3) is 0.400. The van der Waals surface area contributed by atoms with E-state index in [1.54, 1.807) is 13.0 Å². The number of ether oxygens (including phenoxy) is 1. The normalized spacial score (nSPS) is 17.6. The molecule has 0 bridgehead atoms. The molecule has 2 rings (SSSR count). The molecule has 1 aliphatic rings. The number of carbonyl (C=O) groups is 1. The van der Waals surface area contributed by atoms with Crippen molar-refractivity contribution in [2.75, 3.05) is 6.61 Å². The zero-order valence-electron chi connectivity index (χ0n) is 10.6. The van der Waals surface area contributed by atoms with Crippen molar-refractivity contribution in [2.24, 2.45) is 0 Å². The first-order valence-electron chi connectivity index (χ1n) is 5.96. The molecular weight excluding hydrogens is 212 g/mol. The maximum absolute atomic E-state index is 11.0. The second kappa shape index (κ2) is 4.36. The fourth-order valence-corrected chi connectivity index (χ4v) is 2.28. The third-order valence-corrected chi connectivity index (χ3v) is 3.22. The number of fused-ring (bicyclic) bond motifs is 1. The molecule has 17 heavy (non-hydrogen) atoms. The SMILES string of the molecule is CC(=O)/C=C/c1cccc2c1C(C)(C)CCO2. The molecule has 1 aromatic carbocycles. The van der Waals surface area contributed by atoms with Crippen molar-refractivity contribution in [1.29, 1.82) is 0 Å². The lowest BCUT2D eigenvalue weighted by molar-refractivity contribution is -0.112. The van der Waals surface area contributed by atoms with Gasteiger partial charge in [-0.1, -0.05) is 32.1 Å². The molecule has 0 aliphatic carbocycles. The summed E-state index contributed by atoms with van der Waals surface area (Å²) in [6, 6.07) is 6.01. The van der Waals surface area contributed by atoms with Crippen molar-refractivity contribution in [3.8, 4) is 5.75 Å². The van der Waals surface area contributed by atoms with Gasteiger partial charge >= 0.3 is 0 Å². The maximum Gasteiger partial charge on any atom is 0.152 e. The van der Waals surface area contributed by atoms with Crippen molar-refractivity contribution in [3.63, 3.8) is 0 Å². The molecule has 0 unspecified atom stereocenters. The topological polar surface area (TPSA) is 26.3 Å². The van der Waals surface area contributed by atoms with Gasteiger partial charge in [0.1, 0.15) is 5.75 Å². The molecule has 0 aromatic heterocycles. The number of hydrogen-bond donors (Lipinski definition) is 0. The van der Waals surface area contributed by atoms with Crippen LogP contribution < -0.4 is 4.74 Å². The smallest absolute Gasteiger partial charge is 0.152 e. The van der Waals surface area contributed by atoms with E-state index in [9.17, 15) is 4.79 Å². The minimum Gasteiger partial charge on any atom is -0.493 e. The van der Waals surface area contributed by atoms with E-state index in [0.717, 1.165) is 24.3 Å². The first-order chi connectivity index (χ1) is 8.00. The average molecular weight is 230 g/mol. The van der Waals surface area contributed by atoms with Crippen LogP contribution in [0.4, 0.5) is 0 Å². The molecule has 90 valence electrons. The molecule has 0 saturated heterocycles. The van der Waals surface area contributed by atoms with E-state index in [1.807, 2.05) is 24.3 Å². The second-order valence-corrected chi connectivity index (χ2v) is 5.15. The maximum atomic E-state index is 11.0. The van der Waals surface area contributed by atoms with Crippen molar-refractivity contribution in [2.45, 2.75) is 32.6 Å². The molecule has 0 amide bonds. The molecule has 0 N–H and O–H groups in total. The molecule has 1 aliphatic heterocycles. The van der Waals surface area contributed by atoms with Gasteiger partial charge < -0.3 is 4.74 Å². The molecule has 0 saturated carbocycles. The summed E-state index contributed by atoms with van der Waals surface area (Å²) in [6.07, 6.45) is 4.50. The molecule has 1 aromatic rings. The summed E-state index contributed by atoms with van der Waals surface area (Å²) < 4.78 is 5.69. The zero-order chi connectivity index (χ0) is 12.5. The fourth-order valence-electron chi connectivity index (χ4n) is 2.28. The van der Waals surface area contributed by atoms with Gasteiger partial charge in [-0.25, -0.2) is 0 Å². The summed E-state index contributed by atoms with van der Waals surface area (Å²) in [5.41, 5.74) is 2.40. The van der Waals surface area contributed by atoms with Gasteiger partial charge in [0.15, 0.2) is 5.78 Å². The summed E-state index contributed by atoms with van der Waals surface area (Å²) in [7, 11) is 0. The Bertz CT molecular complexity index is 470. The summed E-state index contributed by atoms with van der Waals surface area (Å²) in [6.45, 7) is 6.77. The highest BCUT2D eigenvalue weighted by Crippen LogP contribution is 2.40. The number of hydrogen-bond acceptors (Lipinski definition) is 2. The standard InChI is InChI=1S/C15H18O2/c1-11(16)7-8-12-5-4-6-13-14(12)15(2,3)9-10-17-13/h4-8H,9-10H2,1-3H3/b8-7+. The van der Waals surface area contributed by atoms with Gasteiger partial charge in [0.2, 0.25) is 0 Å². The van der Waals surface area contributed by atoms with Gasteiger partial charge in [-0.3, -0.25) is 4.79 Å². The van der Waals surface area contributed by atoms with E-state index in [0.29, 0.717) is 0 Å². The third kappa shape index (κ3) is 2.41. The summed E-state index contributed by atoms with van der Waals surface area (Å²) >= 11 is 0. The molecule has 0 atom stereocenters. The van der Waals surface area contributed by atoms with E-state index in [1.165, 1.54) is 5.56 Å². The number of allylic oxidation sites excluding steroid dienone is 1. The first-order valence-corrected chi connectivity index (χ1v) is 5.96. The van der Waals surface area contributed by atoms with Crippen LogP contribution in [-0.4, -0.2) is 12.4 Å². The monoisotopic (exact) mass is 230 g/mol. The predicted molar refractivity (Wildman–Crippen MR) is 69.3 cm³/mol. The lowest BCUT2D eigenvalue weighted by atomic mass is 9.77. The molecule has 0 spiro atoms. The second-order valence-electron chi connectivity index (χ2n) is 5.15. The van der Waals surface area contributed by atoms with Crippen LogP contribution in [0.5, 0.6) is 5.75 Å². The van der Waals surface area contributed by atoms with E-state index in [4.69, 9.17) is 4.74 Å². The van der Waals surface area contributed by atoms with Crippen molar-refractivity contribution in [1.82, 2.24) is 0 Å².